The lowest BCUT2D eigenvalue weighted by atomic mass is 10.1. The van der Waals surface area contributed by atoms with E-state index in [-0.39, 0.29) is 0 Å². The molecular weight excluding hydrogens is 246 g/mol. The van der Waals surface area contributed by atoms with E-state index in [2.05, 4.69) is 35.3 Å². The van der Waals surface area contributed by atoms with Gasteiger partial charge in [-0.15, -0.1) is 0 Å². The molecule has 0 radical (unpaired) electrons. The van der Waals surface area contributed by atoms with Crippen LogP contribution in [0.25, 0.3) is 17.0 Å². The Morgan fingerprint density at radius 3 is 2.75 bits per heavy atom. The maximum atomic E-state index is 5.86. The number of allylic oxidation sites excluding steroid dienone is 1. The first-order chi connectivity index (χ1) is 9.86. The smallest absolute Gasteiger partial charge is 0.120 e. The van der Waals surface area contributed by atoms with Crippen molar-refractivity contribution in [3.8, 4) is 5.75 Å². The minimum atomic E-state index is 0.593. The molecule has 1 N–H and O–H groups in total. The maximum absolute atomic E-state index is 5.86. The summed E-state index contributed by atoms with van der Waals surface area (Å²) in [6.07, 6.45) is 6.16. The molecular formula is C18H17NO. The molecule has 0 bridgehead atoms. The van der Waals surface area contributed by atoms with Crippen LogP contribution in [-0.2, 0) is 6.61 Å². The van der Waals surface area contributed by atoms with Gasteiger partial charge < -0.3 is 9.72 Å². The normalized spacial score (nSPS) is 11.2. The van der Waals surface area contributed by atoms with Gasteiger partial charge in [0.1, 0.15) is 12.4 Å². The Morgan fingerprint density at radius 1 is 1.10 bits per heavy atom. The number of hydrogen-bond donors (Lipinski definition) is 1. The molecule has 0 amide bonds. The molecule has 0 spiro atoms. The zero-order valence-electron chi connectivity index (χ0n) is 11.5. The second-order valence-electron chi connectivity index (χ2n) is 4.73. The molecule has 0 saturated heterocycles. The van der Waals surface area contributed by atoms with Crippen LogP contribution in [0.3, 0.4) is 0 Å². The SMILES string of the molecule is CC=Cc1c[nH]c2ccc(OCc3ccccc3)cc12. The summed E-state index contributed by atoms with van der Waals surface area (Å²) in [5, 5.41) is 1.19. The predicted octanol–water partition coefficient (Wildman–Crippen LogP) is 4.78. The summed E-state index contributed by atoms with van der Waals surface area (Å²) in [5.41, 5.74) is 3.49. The highest BCUT2D eigenvalue weighted by atomic mass is 16.5. The van der Waals surface area contributed by atoms with Crippen molar-refractivity contribution < 1.29 is 4.74 Å². The molecule has 0 aliphatic heterocycles. The molecule has 1 aromatic heterocycles. The van der Waals surface area contributed by atoms with Crippen LogP contribution in [0.15, 0.2) is 60.8 Å². The number of fused-ring (bicyclic) bond motifs is 1. The van der Waals surface area contributed by atoms with Crippen molar-refractivity contribution in [2.45, 2.75) is 13.5 Å². The Balaban J connectivity index is 1.83. The van der Waals surface area contributed by atoms with Crippen molar-refractivity contribution in [2.75, 3.05) is 0 Å². The lowest BCUT2D eigenvalue weighted by molar-refractivity contribution is 0.306. The molecule has 0 fully saturated rings. The van der Waals surface area contributed by atoms with Crippen molar-refractivity contribution in [3.63, 3.8) is 0 Å². The molecule has 0 saturated carbocycles. The van der Waals surface area contributed by atoms with Crippen LogP contribution in [-0.4, -0.2) is 4.98 Å². The lowest BCUT2D eigenvalue weighted by Gasteiger charge is -2.06. The Hall–Kier alpha value is -2.48. The predicted molar refractivity (Wildman–Crippen MR) is 83.8 cm³/mol. The van der Waals surface area contributed by atoms with Crippen LogP contribution in [0.2, 0.25) is 0 Å². The fraction of sp³-hybridized carbons (Fsp3) is 0.111. The first-order valence-electron chi connectivity index (χ1n) is 6.77. The summed E-state index contributed by atoms with van der Waals surface area (Å²) in [6, 6.07) is 16.4. The fourth-order valence-corrected chi connectivity index (χ4v) is 2.27. The molecule has 100 valence electrons. The Morgan fingerprint density at radius 2 is 1.95 bits per heavy atom. The number of aromatic nitrogens is 1. The van der Waals surface area contributed by atoms with E-state index in [9.17, 15) is 0 Å². The molecule has 3 rings (SSSR count). The number of benzene rings is 2. The van der Waals surface area contributed by atoms with E-state index in [1.807, 2.05) is 43.5 Å². The minimum absolute atomic E-state index is 0.593. The van der Waals surface area contributed by atoms with E-state index in [0.717, 1.165) is 11.3 Å². The van der Waals surface area contributed by atoms with Crippen molar-refractivity contribution in [1.29, 1.82) is 0 Å². The molecule has 2 aromatic carbocycles. The maximum Gasteiger partial charge on any atom is 0.120 e. The summed E-state index contributed by atoms with van der Waals surface area (Å²) in [4.78, 5) is 3.27. The second kappa shape index (κ2) is 5.66. The molecule has 0 atom stereocenters. The molecule has 2 heteroatoms. The zero-order valence-corrected chi connectivity index (χ0v) is 11.5. The summed E-state index contributed by atoms with van der Waals surface area (Å²) >= 11 is 0. The Bertz CT molecular complexity index is 726. The number of ether oxygens (including phenoxy) is 1. The Labute approximate surface area is 118 Å². The first-order valence-corrected chi connectivity index (χ1v) is 6.77. The van der Waals surface area contributed by atoms with Crippen LogP contribution in [0, 0.1) is 0 Å². The summed E-state index contributed by atoms with van der Waals surface area (Å²) < 4.78 is 5.86. The molecule has 2 nitrogen and oxygen atoms in total. The molecule has 0 unspecified atom stereocenters. The third-order valence-electron chi connectivity index (χ3n) is 3.28. The average Bonchev–Trinajstić information content (AvgIpc) is 2.89. The van der Waals surface area contributed by atoms with E-state index in [1.54, 1.807) is 0 Å². The van der Waals surface area contributed by atoms with E-state index in [1.165, 1.54) is 16.5 Å². The molecule has 1 heterocycles. The van der Waals surface area contributed by atoms with Gasteiger partial charge in [-0.1, -0.05) is 42.5 Å². The van der Waals surface area contributed by atoms with Gasteiger partial charge in [0.15, 0.2) is 0 Å². The van der Waals surface area contributed by atoms with Gasteiger partial charge in [-0.05, 0) is 36.2 Å². The summed E-state index contributed by atoms with van der Waals surface area (Å²) in [7, 11) is 0. The topological polar surface area (TPSA) is 25.0 Å². The van der Waals surface area contributed by atoms with Crippen molar-refractivity contribution in [3.05, 3.63) is 71.9 Å². The fourth-order valence-electron chi connectivity index (χ4n) is 2.27. The summed E-state index contributed by atoms with van der Waals surface area (Å²) in [6.45, 7) is 2.62. The zero-order chi connectivity index (χ0) is 13.8. The molecule has 0 aliphatic carbocycles. The van der Waals surface area contributed by atoms with Crippen molar-refractivity contribution in [1.82, 2.24) is 4.98 Å². The monoisotopic (exact) mass is 263 g/mol. The molecule has 20 heavy (non-hydrogen) atoms. The lowest BCUT2D eigenvalue weighted by Crippen LogP contribution is -1.94. The highest BCUT2D eigenvalue weighted by molar-refractivity contribution is 5.89. The second-order valence-corrected chi connectivity index (χ2v) is 4.73. The van der Waals surface area contributed by atoms with E-state index in [0.29, 0.717) is 6.61 Å². The number of rotatable bonds is 4. The third kappa shape index (κ3) is 2.59. The first kappa shape index (κ1) is 12.5. The van der Waals surface area contributed by atoms with Gasteiger partial charge >= 0.3 is 0 Å². The van der Waals surface area contributed by atoms with E-state index in [4.69, 9.17) is 4.74 Å². The Kier molecular flexibility index (Phi) is 3.55. The van der Waals surface area contributed by atoms with Crippen LogP contribution in [0.5, 0.6) is 5.75 Å². The van der Waals surface area contributed by atoms with Gasteiger partial charge in [-0.25, -0.2) is 0 Å². The van der Waals surface area contributed by atoms with Gasteiger partial charge in [0, 0.05) is 17.1 Å². The van der Waals surface area contributed by atoms with E-state index < -0.39 is 0 Å². The van der Waals surface area contributed by atoms with Crippen LogP contribution >= 0.6 is 0 Å². The van der Waals surface area contributed by atoms with Gasteiger partial charge in [-0.2, -0.15) is 0 Å². The average molecular weight is 263 g/mol. The van der Waals surface area contributed by atoms with Gasteiger partial charge in [0.25, 0.3) is 0 Å². The number of nitrogens with one attached hydrogen (secondary N) is 1. The number of hydrogen-bond acceptors (Lipinski definition) is 1. The van der Waals surface area contributed by atoms with E-state index >= 15 is 0 Å². The molecule has 3 aromatic rings. The van der Waals surface area contributed by atoms with Crippen LogP contribution in [0.4, 0.5) is 0 Å². The van der Waals surface area contributed by atoms with Crippen LogP contribution < -0.4 is 4.74 Å². The quantitative estimate of drug-likeness (QED) is 0.720. The largest absolute Gasteiger partial charge is 0.489 e. The number of aromatic amines is 1. The minimum Gasteiger partial charge on any atom is -0.489 e. The van der Waals surface area contributed by atoms with Gasteiger partial charge in [0.2, 0.25) is 0 Å². The van der Waals surface area contributed by atoms with Crippen LogP contribution in [0.1, 0.15) is 18.1 Å². The van der Waals surface area contributed by atoms with Gasteiger partial charge in [-0.3, -0.25) is 0 Å². The number of H-pyrrole nitrogens is 1. The standard InChI is InChI=1S/C18H17NO/c1-2-6-15-12-19-18-10-9-16(11-17(15)18)20-13-14-7-4-3-5-8-14/h2-12,19H,13H2,1H3. The summed E-state index contributed by atoms with van der Waals surface area (Å²) in [5.74, 6) is 0.895. The van der Waals surface area contributed by atoms with Crippen molar-refractivity contribution in [2.24, 2.45) is 0 Å². The molecule has 0 aliphatic rings. The van der Waals surface area contributed by atoms with Crippen molar-refractivity contribution >= 4 is 17.0 Å². The van der Waals surface area contributed by atoms with Gasteiger partial charge in [0.05, 0.1) is 0 Å². The third-order valence-corrected chi connectivity index (χ3v) is 3.28. The highest BCUT2D eigenvalue weighted by Gasteiger charge is 2.03. The highest BCUT2D eigenvalue weighted by Crippen LogP contribution is 2.25.